The van der Waals surface area contributed by atoms with Crippen molar-refractivity contribution >= 4 is 21.8 Å². The minimum atomic E-state index is -3.88. The van der Waals surface area contributed by atoms with Crippen molar-refractivity contribution < 1.29 is 18.0 Å². The number of nitrogens with two attached hydrogens (primary N) is 1. The van der Waals surface area contributed by atoms with Gasteiger partial charge >= 0.3 is 0 Å². The first kappa shape index (κ1) is 19.4. The predicted molar refractivity (Wildman–Crippen MR) is 93.7 cm³/mol. The molecular weight excluding hydrogens is 344 g/mol. The van der Waals surface area contributed by atoms with Gasteiger partial charge < -0.3 is 10.6 Å². The molecule has 1 aliphatic heterocycles. The number of sulfonamides is 1. The molecule has 2 rings (SSSR count). The average molecular weight is 368 g/mol. The second kappa shape index (κ2) is 7.94. The Bertz CT molecular complexity index is 777. The Labute approximate surface area is 147 Å². The molecule has 0 bridgehead atoms. The zero-order chi connectivity index (χ0) is 18.6. The Balaban J connectivity index is 1.93. The number of nitrogens with zero attached hydrogens (tertiary/aromatic N) is 1. The smallest absolute Gasteiger partial charge is 0.251 e. The molecule has 4 N–H and O–H groups in total. The van der Waals surface area contributed by atoms with Gasteiger partial charge in [0.15, 0.2) is 0 Å². The molecular formula is C16H24N4O4S. The van der Waals surface area contributed by atoms with Crippen molar-refractivity contribution in [2.45, 2.75) is 25.2 Å². The first-order valence-corrected chi connectivity index (χ1v) is 9.64. The van der Waals surface area contributed by atoms with Crippen LogP contribution in [0.1, 0.15) is 27.9 Å². The Kier molecular flexibility index (Phi) is 6.15. The van der Waals surface area contributed by atoms with Crippen LogP contribution < -0.4 is 15.8 Å². The van der Waals surface area contributed by atoms with Crippen molar-refractivity contribution in [3.05, 3.63) is 28.8 Å². The summed E-state index contributed by atoms with van der Waals surface area (Å²) in [7, 11) is -3.88. The van der Waals surface area contributed by atoms with Gasteiger partial charge in [0.25, 0.3) is 5.91 Å². The fourth-order valence-electron chi connectivity index (χ4n) is 2.74. The maximum absolute atomic E-state index is 12.3. The van der Waals surface area contributed by atoms with Crippen LogP contribution in [0, 0.1) is 13.8 Å². The highest BCUT2D eigenvalue weighted by Crippen LogP contribution is 2.20. The monoisotopic (exact) mass is 368 g/mol. The SMILES string of the molecule is Cc1cc(C(=O)NCCCN2CCNC(=O)C2)cc(S(N)(=O)=O)c1C. The summed E-state index contributed by atoms with van der Waals surface area (Å²) < 4.78 is 23.3. The molecule has 0 saturated carbocycles. The summed E-state index contributed by atoms with van der Waals surface area (Å²) >= 11 is 0. The molecule has 1 aromatic carbocycles. The van der Waals surface area contributed by atoms with Crippen LogP contribution in [0.25, 0.3) is 0 Å². The molecule has 1 aromatic rings. The quantitative estimate of drug-likeness (QED) is 0.585. The van der Waals surface area contributed by atoms with Gasteiger partial charge in [-0.15, -0.1) is 0 Å². The van der Waals surface area contributed by atoms with E-state index in [-0.39, 0.29) is 22.3 Å². The van der Waals surface area contributed by atoms with Crippen molar-refractivity contribution in [2.75, 3.05) is 32.7 Å². The summed E-state index contributed by atoms with van der Waals surface area (Å²) in [6.07, 6.45) is 0.700. The lowest BCUT2D eigenvalue weighted by molar-refractivity contribution is -0.124. The molecule has 138 valence electrons. The van der Waals surface area contributed by atoms with Gasteiger partial charge in [0.1, 0.15) is 0 Å². The molecule has 0 unspecified atom stereocenters. The van der Waals surface area contributed by atoms with E-state index >= 15 is 0 Å². The number of piperazine rings is 1. The van der Waals surface area contributed by atoms with Crippen LogP contribution >= 0.6 is 0 Å². The molecule has 0 spiro atoms. The molecule has 2 amide bonds. The van der Waals surface area contributed by atoms with Gasteiger partial charge in [-0.2, -0.15) is 0 Å². The van der Waals surface area contributed by atoms with E-state index in [0.29, 0.717) is 43.7 Å². The molecule has 1 saturated heterocycles. The average Bonchev–Trinajstić information content (AvgIpc) is 2.52. The lowest BCUT2D eigenvalue weighted by Gasteiger charge is -2.26. The van der Waals surface area contributed by atoms with Crippen LogP contribution in [0.5, 0.6) is 0 Å². The molecule has 9 heteroatoms. The third-order valence-electron chi connectivity index (χ3n) is 4.24. The van der Waals surface area contributed by atoms with Crippen molar-refractivity contribution in [1.82, 2.24) is 15.5 Å². The van der Waals surface area contributed by atoms with E-state index in [0.717, 1.165) is 6.54 Å². The van der Waals surface area contributed by atoms with E-state index in [4.69, 9.17) is 5.14 Å². The standard InChI is InChI=1S/C16H24N4O4S/c1-11-8-13(9-14(12(11)2)25(17,23)24)16(22)19-4-3-6-20-7-5-18-15(21)10-20/h8-9H,3-7,10H2,1-2H3,(H,18,21)(H,19,22)(H2,17,23,24). The number of benzene rings is 1. The summed E-state index contributed by atoms with van der Waals surface area (Å²) in [6.45, 7) is 6.37. The number of primary sulfonamides is 1. The summed E-state index contributed by atoms with van der Waals surface area (Å²) in [5.74, 6) is -0.328. The van der Waals surface area contributed by atoms with E-state index in [9.17, 15) is 18.0 Å². The van der Waals surface area contributed by atoms with Crippen LogP contribution in [-0.4, -0.2) is 57.9 Å². The minimum absolute atomic E-state index is 0.0148. The van der Waals surface area contributed by atoms with Gasteiger partial charge in [0, 0.05) is 31.7 Å². The number of carbonyl (C=O) groups is 2. The lowest BCUT2D eigenvalue weighted by Crippen LogP contribution is -2.48. The first-order chi connectivity index (χ1) is 11.7. The number of aryl methyl sites for hydroxylation is 1. The predicted octanol–water partition coefficient (Wildman–Crippen LogP) is -0.497. The normalized spacial score (nSPS) is 15.7. The number of hydrogen-bond acceptors (Lipinski definition) is 5. The van der Waals surface area contributed by atoms with Crippen molar-refractivity contribution in [1.29, 1.82) is 0 Å². The van der Waals surface area contributed by atoms with Crippen molar-refractivity contribution in [3.63, 3.8) is 0 Å². The zero-order valence-electron chi connectivity index (χ0n) is 14.5. The molecule has 0 aromatic heterocycles. The maximum atomic E-state index is 12.3. The molecule has 0 atom stereocenters. The fourth-order valence-corrected chi connectivity index (χ4v) is 3.62. The Hall–Kier alpha value is -1.97. The van der Waals surface area contributed by atoms with E-state index in [1.165, 1.54) is 6.07 Å². The molecule has 1 aliphatic rings. The van der Waals surface area contributed by atoms with Gasteiger partial charge in [0.05, 0.1) is 11.4 Å². The first-order valence-electron chi connectivity index (χ1n) is 8.10. The Morgan fingerprint density at radius 3 is 2.72 bits per heavy atom. The van der Waals surface area contributed by atoms with E-state index in [1.807, 2.05) is 4.90 Å². The topological polar surface area (TPSA) is 122 Å². The van der Waals surface area contributed by atoms with Crippen LogP contribution in [0.2, 0.25) is 0 Å². The number of nitrogens with one attached hydrogen (secondary N) is 2. The van der Waals surface area contributed by atoms with Crippen LogP contribution in [-0.2, 0) is 14.8 Å². The highest BCUT2D eigenvalue weighted by molar-refractivity contribution is 7.89. The number of hydrogen-bond donors (Lipinski definition) is 3. The number of amides is 2. The van der Waals surface area contributed by atoms with Gasteiger partial charge in [0.2, 0.25) is 15.9 Å². The summed E-state index contributed by atoms with van der Waals surface area (Å²) in [5.41, 5.74) is 1.50. The lowest BCUT2D eigenvalue weighted by atomic mass is 10.1. The van der Waals surface area contributed by atoms with Gasteiger partial charge in [-0.1, -0.05) is 0 Å². The summed E-state index contributed by atoms with van der Waals surface area (Å²) in [4.78, 5) is 25.6. The zero-order valence-corrected chi connectivity index (χ0v) is 15.3. The van der Waals surface area contributed by atoms with Crippen LogP contribution in [0.4, 0.5) is 0 Å². The van der Waals surface area contributed by atoms with Crippen molar-refractivity contribution in [2.24, 2.45) is 5.14 Å². The molecule has 25 heavy (non-hydrogen) atoms. The summed E-state index contributed by atoms with van der Waals surface area (Å²) in [5, 5.41) is 10.7. The van der Waals surface area contributed by atoms with Crippen LogP contribution in [0.15, 0.2) is 17.0 Å². The number of carbonyl (C=O) groups excluding carboxylic acids is 2. The van der Waals surface area contributed by atoms with E-state index in [2.05, 4.69) is 10.6 Å². The van der Waals surface area contributed by atoms with Gasteiger partial charge in [-0.25, -0.2) is 13.6 Å². The molecule has 8 nitrogen and oxygen atoms in total. The second-order valence-electron chi connectivity index (χ2n) is 6.20. The van der Waals surface area contributed by atoms with Gasteiger partial charge in [-0.05, 0) is 43.5 Å². The largest absolute Gasteiger partial charge is 0.354 e. The second-order valence-corrected chi connectivity index (χ2v) is 7.73. The van der Waals surface area contributed by atoms with E-state index in [1.54, 1.807) is 19.9 Å². The summed E-state index contributed by atoms with van der Waals surface area (Å²) in [6, 6.07) is 2.95. The fraction of sp³-hybridized carbons (Fsp3) is 0.500. The highest BCUT2D eigenvalue weighted by atomic mass is 32.2. The third-order valence-corrected chi connectivity index (χ3v) is 5.28. The molecule has 0 aliphatic carbocycles. The third kappa shape index (κ3) is 5.25. The molecule has 1 fully saturated rings. The highest BCUT2D eigenvalue weighted by Gasteiger charge is 2.18. The molecule has 0 radical (unpaired) electrons. The van der Waals surface area contributed by atoms with Crippen molar-refractivity contribution in [3.8, 4) is 0 Å². The molecule has 1 heterocycles. The minimum Gasteiger partial charge on any atom is -0.354 e. The number of rotatable bonds is 6. The van der Waals surface area contributed by atoms with E-state index < -0.39 is 10.0 Å². The van der Waals surface area contributed by atoms with Gasteiger partial charge in [-0.3, -0.25) is 14.5 Å². The van der Waals surface area contributed by atoms with Crippen LogP contribution in [0.3, 0.4) is 0 Å². The maximum Gasteiger partial charge on any atom is 0.251 e. The Morgan fingerprint density at radius 1 is 1.36 bits per heavy atom. The Morgan fingerprint density at radius 2 is 2.08 bits per heavy atom.